The zero-order chi connectivity index (χ0) is 13.5. The van der Waals surface area contributed by atoms with E-state index >= 15 is 0 Å². The lowest BCUT2D eigenvalue weighted by molar-refractivity contribution is 0.412. The molecule has 0 aliphatic heterocycles. The van der Waals surface area contributed by atoms with E-state index in [4.69, 9.17) is 4.74 Å². The highest BCUT2D eigenvalue weighted by Gasteiger charge is 2.00. The number of aromatic hydroxyl groups is 1. The lowest BCUT2D eigenvalue weighted by Gasteiger charge is -2.03. The fourth-order valence-electron chi connectivity index (χ4n) is 1.61. The van der Waals surface area contributed by atoms with Crippen LogP contribution in [0.3, 0.4) is 0 Å². The fraction of sp³-hybridized carbons (Fsp3) is 0.133. The first-order chi connectivity index (χ1) is 9.29. The number of methoxy groups -OCH3 is 1. The smallest absolute Gasteiger partial charge is 0.124 e. The summed E-state index contributed by atoms with van der Waals surface area (Å²) in [6, 6.07) is 15.0. The van der Waals surface area contributed by atoms with Crippen LogP contribution in [-0.4, -0.2) is 18.4 Å². The molecule has 0 aliphatic rings. The van der Waals surface area contributed by atoms with Gasteiger partial charge in [-0.25, -0.2) is 0 Å². The SMILES string of the molecule is COc1ccc(O)c(/C=N/NCc2ccccc2)c1. The molecule has 0 fully saturated rings. The zero-order valence-electron chi connectivity index (χ0n) is 10.7. The summed E-state index contributed by atoms with van der Waals surface area (Å²) in [7, 11) is 1.58. The van der Waals surface area contributed by atoms with Crippen LogP contribution in [0.4, 0.5) is 0 Å². The van der Waals surface area contributed by atoms with Crippen molar-refractivity contribution in [1.82, 2.24) is 5.43 Å². The standard InChI is InChI=1S/C15H16N2O2/c1-19-14-7-8-15(18)13(9-14)11-17-16-10-12-5-3-2-4-6-12/h2-9,11,16,18H,10H2,1H3/b17-11+. The molecule has 0 aliphatic carbocycles. The first-order valence-corrected chi connectivity index (χ1v) is 5.96. The van der Waals surface area contributed by atoms with Crippen LogP contribution >= 0.6 is 0 Å². The van der Waals surface area contributed by atoms with Crippen molar-refractivity contribution >= 4 is 6.21 Å². The van der Waals surface area contributed by atoms with E-state index in [1.54, 1.807) is 31.5 Å². The molecule has 2 aromatic carbocycles. The Balaban J connectivity index is 1.95. The Morgan fingerprint density at radius 3 is 2.74 bits per heavy atom. The van der Waals surface area contributed by atoms with E-state index in [2.05, 4.69) is 10.5 Å². The van der Waals surface area contributed by atoms with Gasteiger partial charge in [0, 0.05) is 5.56 Å². The van der Waals surface area contributed by atoms with E-state index in [1.165, 1.54) is 0 Å². The third-order valence-corrected chi connectivity index (χ3v) is 2.66. The summed E-state index contributed by atoms with van der Waals surface area (Å²) in [5.41, 5.74) is 4.69. The Morgan fingerprint density at radius 2 is 2.00 bits per heavy atom. The van der Waals surface area contributed by atoms with E-state index in [-0.39, 0.29) is 5.75 Å². The molecule has 0 saturated heterocycles. The Labute approximate surface area is 112 Å². The molecule has 0 heterocycles. The van der Waals surface area contributed by atoms with E-state index in [1.807, 2.05) is 30.3 Å². The number of nitrogens with one attached hydrogen (secondary N) is 1. The van der Waals surface area contributed by atoms with Crippen LogP contribution in [0.2, 0.25) is 0 Å². The molecular formula is C15H16N2O2. The third-order valence-electron chi connectivity index (χ3n) is 2.66. The van der Waals surface area contributed by atoms with Gasteiger partial charge in [0.1, 0.15) is 11.5 Å². The molecule has 0 saturated carbocycles. The highest BCUT2D eigenvalue weighted by molar-refractivity contribution is 5.83. The van der Waals surface area contributed by atoms with Crippen LogP contribution < -0.4 is 10.2 Å². The number of nitrogens with zero attached hydrogens (tertiary/aromatic N) is 1. The van der Waals surface area contributed by atoms with Gasteiger partial charge in [0.25, 0.3) is 0 Å². The molecule has 0 radical (unpaired) electrons. The van der Waals surface area contributed by atoms with Gasteiger partial charge in [-0.05, 0) is 23.8 Å². The third kappa shape index (κ3) is 3.74. The molecule has 2 aromatic rings. The highest BCUT2D eigenvalue weighted by Crippen LogP contribution is 2.20. The maximum Gasteiger partial charge on any atom is 0.124 e. The van der Waals surface area contributed by atoms with Crippen LogP contribution in [0.5, 0.6) is 11.5 Å². The molecule has 0 amide bonds. The second-order valence-corrected chi connectivity index (χ2v) is 4.00. The summed E-state index contributed by atoms with van der Waals surface area (Å²) in [6.45, 7) is 0.641. The predicted molar refractivity (Wildman–Crippen MR) is 75.5 cm³/mol. The molecule has 0 atom stereocenters. The average molecular weight is 256 g/mol. The van der Waals surface area contributed by atoms with Crippen molar-refractivity contribution in [3.8, 4) is 11.5 Å². The number of rotatable bonds is 5. The van der Waals surface area contributed by atoms with Crippen molar-refractivity contribution in [2.45, 2.75) is 6.54 Å². The fourth-order valence-corrected chi connectivity index (χ4v) is 1.61. The Bertz CT molecular complexity index is 553. The minimum Gasteiger partial charge on any atom is -0.507 e. The van der Waals surface area contributed by atoms with Gasteiger partial charge in [0.15, 0.2) is 0 Å². The van der Waals surface area contributed by atoms with Gasteiger partial charge in [-0.3, -0.25) is 0 Å². The highest BCUT2D eigenvalue weighted by atomic mass is 16.5. The Morgan fingerprint density at radius 1 is 1.21 bits per heavy atom. The topological polar surface area (TPSA) is 53.9 Å². The molecule has 4 nitrogen and oxygen atoms in total. The molecule has 4 heteroatoms. The molecule has 0 unspecified atom stereocenters. The van der Waals surface area contributed by atoms with Crippen molar-refractivity contribution < 1.29 is 9.84 Å². The van der Waals surface area contributed by atoms with E-state index in [0.717, 1.165) is 5.56 Å². The van der Waals surface area contributed by atoms with Crippen molar-refractivity contribution in [3.05, 3.63) is 59.7 Å². The predicted octanol–water partition coefficient (Wildman–Crippen LogP) is 2.52. The van der Waals surface area contributed by atoms with E-state index in [9.17, 15) is 5.11 Å². The van der Waals surface area contributed by atoms with Gasteiger partial charge in [0.05, 0.1) is 19.9 Å². The average Bonchev–Trinajstić information content (AvgIpc) is 2.46. The molecular weight excluding hydrogens is 240 g/mol. The molecule has 2 rings (SSSR count). The number of hydrogen-bond acceptors (Lipinski definition) is 4. The van der Waals surface area contributed by atoms with Crippen molar-refractivity contribution in [3.63, 3.8) is 0 Å². The van der Waals surface area contributed by atoms with Crippen LogP contribution in [0.15, 0.2) is 53.6 Å². The van der Waals surface area contributed by atoms with Crippen LogP contribution in [0.1, 0.15) is 11.1 Å². The summed E-state index contributed by atoms with van der Waals surface area (Å²) in [5.74, 6) is 0.855. The number of benzene rings is 2. The monoisotopic (exact) mass is 256 g/mol. The summed E-state index contributed by atoms with van der Waals surface area (Å²) < 4.78 is 5.09. The maximum absolute atomic E-state index is 9.67. The molecule has 0 aromatic heterocycles. The zero-order valence-corrected chi connectivity index (χ0v) is 10.7. The number of phenolic OH excluding ortho intramolecular Hbond substituents is 1. The first-order valence-electron chi connectivity index (χ1n) is 5.96. The van der Waals surface area contributed by atoms with Crippen molar-refractivity contribution in [1.29, 1.82) is 0 Å². The number of phenols is 1. The van der Waals surface area contributed by atoms with Crippen LogP contribution in [-0.2, 0) is 6.54 Å². The van der Waals surface area contributed by atoms with Gasteiger partial charge in [-0.15, -0.1) is 0 Å². The molecule has 0 spiro atoms. The Kier molecular flexibility index (Phi) is 4.39. The van der Waals surface area contributed by atoms with Gasteiger partial charge < -0.3 is 15.3 Å². The molecule has 0 bridgehead atoms. The normalized spacial score (nSPS) is 10.6. The molecule has 2 N–H and O–H groups in total. The number of hydrazone groups is 1. The van der Waals surface area contributed by atoms with Crippen molar-refractivity contribution in [2.24, 2.45) is 5.10 Å². The number of ether oxygens (including phenoxy) is 1. The van der Waals surface area contributed by atoms with E-state index in [0.29, 0.717) is 17.9 Å². The van der Waals surface area contributed by atoms with Crippen LogP contribution in [0.25, 0.3) is 0 Å². The van der Waals surface area contributed by atoms with Gasteiger partial charge in [0.2, 0.25) is 0 Å². The van der Waals surface area contributed by atoms with Crippen molar-refractivity contribution in [2.75, 3.05) is 7.11 Å². The summed E-state index contributed by atoms with van der Waals surface area (Å²) >= 11 is 0. The lowest BCUT2D eigenvalue weighted by atomic mass is 10.2. The summed E-state index contributed by atoms with van der Waals surface area (Å²) in [4.78, 5) is 0. The second kappa shape index (κ2) is 6.44. The van der Waals surface area contributed by atoms with Crippen LogP contribution in [0, 0.1) is 0 Å². The van der Waals surface area contributed by atoms with Gasteiger partial charge in [-0.2, -0.15) is 5.10 Å². The van der Waals surface area contributed by atoms with Gasteiger partial charge in [-0.1, -0.05) is 30.3 Å². The maximum atomic E-state index is 9.67. The largest absolute Gasteiger partial charge is 0.507 e. The molecule has 98 valence electrons. The minimum atomic E-state index is 0.172. The first kappa shape index (κ1) is 13.0. The summed E-state index contributed by atoms with van der Waals surface area (Å²) in [6.07, 6.45) is 1.57. The van der Waals surface area contributed by atoms with Gasteiger partial charge >= 0.3 is 0 Å². The number of hydrogen-bond donors (Lipinski definition) is 2. The summed E-state index contributed by atoms with van der Waals surface area (Å²) in [5, 5.41) is 13.8. The van der Waals surface area contributed by atoms with E-state index < -0.39 is 0 Å². The second-order valence-electron chi connectivity index (χ2n) is 4.00. The quantitative estimate of drug-likeness (QED) is 0.638. The lowest BCUT2D eigenvalue weighted by Crippen LogP contribution is -2.05. The minimum absolute atomic E-state index is 0.172. The Hall–Kier alpha value is -2.49. The molecule has 19 heavy (non-hydrogen) atoms.